The number of fused-ring (bicyclic) bond motifs is 7. The van der Waals surface area contributed by atoms with Gasteiger partial charge in [-0.25, -0.2) is 0 Å². The summed E-state index contributed by atoms with van der Waals surface area (Å²) in [5, 5.41) is 11.6. The van der Waals surface area contributed by atoms with Crippen molar-refractivity contribution in [3.63, 3.8) is 0 Å². The summed E-state index contributed by atoms with van der Waals surface area (Å²) < 4.78 is 4.05. The minimum absolute atomic E-state index is 0.156. The molecule has 4 heterocycles. The van der Waals surface area contributed by atoms with Gasteiger partial charge < -0.3 is 10.6 Å². The summed E-state index contributed by atoms with van der Waals surface area (Å²) >= 11 is 3.85. The molecule has 258 valence electrons. The van der Waals surface area contributed by atoms with Crippen LogP contribution < -0.4 is 20.4 Å². The molecular weight excluding hydrogens is 695 g/mol. The minimum atomic E-state index is -0.235. The van der Waals surface area contributed by atoms with Gasteiger partial charge in [0.1, 0.15) is 6.17 Å². The van der Waals surface area contributed by atoms with Gasteiger partial charge in [-0.1, -0.05) is 152 Å². The number of aliphatic imine (C=N–C) groups is 1. The molecule has 5 heteroatoms. The summed E-state index contributed by atoms with van der Waals surface area (Å²) in [6.07, 6.45) is 17.7. The molecule has 0 amide bonds. The zero-order valence-corrected chi connectivity index (χ0v) is 31.1. The second-order valence-corrected chi connectivity index (χ2v) is 16.4. The van der Waals surface area contributed by atoms with Gasteiger partial charge in [0.05, 0.1) is 17.5 Å². The number of aryl methyl sites for hydroxylation is 1. The molecule has 3 nitrogen and oxygen atoms in total. The highest BCUT2D eigenvalue weighted by Gasteiger charge is 2.24. The topological polar surface area (TPSA) is 36.4 Å². The maximum Gasteiger partial charge on any atom is 0.145 e. The first-order valence-electron chi connectivity index (χ1n) is 18.7. The Morgan fingerprint density at radius 1 is 0.648 bits per heavy atom. The number of nitrogens with one attached hydrogen (secondary N) is 2. The summed E-state index contributed by atoms with van der Waals surface area (Å²) in [7, 11) is 0. The Morgan fingerprint density at radius 3 is 2.33 bits per heavy atom. The number of hydrogen-bond acceptors (Lipinski definition) is 5. The van der Waals surface area contributed by atoms with E-state index in [2.05, 4.69) is 174 Å². The molecule has 2 atom stereocenters. The standard InChI is InChI=1S/C49H35N3S2/c1-2-11-31(12-3-1)41-29-42(32-23-21-30(22-24-32)35-16-10-17-37-36-13-5-8-19-43(36)53-47(35)37)52-49(51-41)34-27-25-33(26-28-34)46-45-39-15-6-9-20-44(39)54-48(45)38-14-4-7-18-40(38)50-46/h1-7,9-18,20-29,40,49-51H,8,19H2. The SMILES string of the molecule is C1=CC2=c3sc4ccccc4c3=C(c3ccc(C4N=C(c5ccc(-c6cccc7c8c(sc67)CCC=C8)cc5)C=C(c5ccccc5)N4)cc3)NC2C=C1. The third-order valence-electron chi connectivity index (χ3n) is 11.0. The fourth-order valence-corrected chi connectivity index (χ4v) is 10.9. The van der Waals surface area contributed by atoms with Crippen molar-refractivity contribution in [2.75, 3.05) is 0 Å². The molecule has 0 radical (unpaired) electrons. The van der Waals surface area contributed by atoms with Gasteiger partial charge in [-0.15, -0.1) is 22.7 Å². The normalized spacial score (nSPS) is 18.4. The predicted molar refractivity (Wildman–Crippen MR) is 230 cm³/mol. The van der Waals surface area contributed by atoms with Gasteiger partial charge in [0.15, 0.2) is 0 Å². The van der Waals surface area contributed by atoms with Gasteiger partial charge in [0, 0.05) is 40.5 Å². The molecule has 54 heavy (non-hydrogen) atoms. The molecular formula is C49H35N3S2. The van der Waals surface area contributed by atoms with Crippen molar-refractivity contribution in [1.29, 1.82) is 0 Å². The molecule has 0 fully saturated rings. The molecule has 2 aliphatic heterocycles. The van der Waals surface area contributed by atoms with E-state index in [1.165, 1.54) is 68.3 Å². The highest BCUT2D eigenvalue weighted by molar-refractivity contribution is 7.20. The maximum absolute atomic E-state index is 5.34. The first-order chi connectivity index (χ1) is 26.7. The molecule has 11 rings (SSSR count). The van der Waals surface area contributed by atoms with Crippen LogP contribution in [0.15, 0.2) is 163 Å². The first-order valence-corrected chi connectivity index (χ1v) is 20.3. The van der Waals surface area contributed by atoms with Crippen LogP contribution in [0.2, 0.25) is 0 Å². The van der Waals surface area contributed by atoms with Gasteiger partial charge in [-0.2, -0.15) is 0 Å². The summed E-state index contributed by atoms with van der Waals surface area (Å²) in [5.41, 5.74) is 13.1. The second kappa shape index (κ2) is 12.8. The van der Waals surface area contributed by atoms with Crippen LogP contribution in [-0.4, -0.2) is 11.8 Å². The van der Waals surface area contributed by atoms with Crippen LogP contribution in [0.3, 0.4) is 0 Å². The minimum Gasteiger partial charge on any atom is -0.374 e. The van der Waals surface area contributed by atoms with Crippen LogP contribution >= 0.6 is 22.7 Å². The van der Waals surface area contributed by atoms with Gasteiger partial charge in [0.2, 0.25) is 0 Å². The first kappa shape index (κ1) is 31.5. The summed E-state index contributed by atoms with van der Waals surface area (Å²) in [6, 6.07) is 44.2. The van der Waals surface area contributed by atoms with E-state index in [1.807, 2.05) is 22.7 Å². The molecule has 0 bridgehead atoms. The van der Waals surface area contributed by atoms with E-state index in [4.69, 9.17) is 4.99 Å². The lowest BCUT2D eigenvalue weighted by Gasteiger charge is -2.27. The van der Waals surface area contributed by atoms with E-state index in [0.29, 0.717) is 0 Å². The van der Waals surface area contributed by atoms with E-state index < -0.39 is 0 Å². The highest BCUT2D eigenvalue weighted by atomic mass is 32.1. The summed E-state index contributed by atoms with van der Waals surface area (Å²) in [5.74, 6) is 0. The Bertz CT molecular complexity index is 2920. The number of hydrogen-bond donors (Lipinski definition) is 2. The van der Waals surface area contributed by atoms with Crippen LogP contribution in [0.1, 0.15) is 45.3 Å². The molecule has 5 aromatic carbocycles. The molecule has 0 spiro atoms. The Hall–Kier alpha value is -6.01. The van der Waals surface area contributed by atoms with Crippen molar-refractivity contribution >= 4 is 71.6 Å². The third-order valence-corrected chi connectivity index (χ3v) is 13.6. The van der Waals surface area contributed by atoms with Crippen LogP contribution in [-0.2, 0) is 6.42 Å². The average Bonchev–Trinajstić information content (AvgIpc) is 3.83. The Labute approximate surface area is 322 Å². The van der Waals surface area contributed by atoms with E-state index in [9.17, 15) is 0 Å². The van der Waals surface area contributed by atoms with Crippen molar-refractivity contribution in [2.45, 2.75) is 25.0 Å². The van der Waals surface area contributed by atoms with Crippen LogP contribution in [0, 0.1) is 0 Å². The van der Waals surface area contributed by atoms with Crippen LogP contribution in [0.5, 0.6) is 0 Å². The molecule has 4 aliphatic rings. The zero-order valence-electron chi connectivity index (χ0n) is 29.4. The lowest BCUT2D eigenvalue weighted by molar-refractivity contribution is 0.664. The van der Waals surface area contributed by atoms with E-state index >= 15 is 0 Å². The largest absolute Gasteiger partial charge is 0.374 e. The van der Waals surface area contributed by atoms with Crippen LogP contribution in [0.25, 0.3) is 54.3 Å². The Morgan fingerprint density at radius 2 is 1.44 bits per heavy atom. The van der Waals surface area contributed by atoms with Crippen molar-refractivity contribution in [2.24, 2.45) is 4.99 Å². The molecule has 0 saturated carbocycles. The quantitative estimate of drug-likeness (QED) is 0.185. The maximum atomic E-state index is 5.34. The van der Waals surface area contributed by atoms with E-state index in [-0.39, 0.29) is 12.2 Å². The monoisotopic (exact) mass is 729 g/mol. The second-order valence-electron chi connectivity index (χ2n) is 14.2. The van der Waals surface area contributed by atoms with Crippen molar-refractivity contribution < 1.29 is 0 Å². The summed E-state index contributed by atoms with van der Waals surface area (Å²) in [6.45, 7) is 0. The van der Waals surface area contributed by atoms with Crippen molar-refractivity contribution in [1.82, 2.24) is 10.6 Å². The third kappa shape index (κ3) is 5.26. The molecule has 7 aromatic rings. The number of benzene rings is 5. The lowest BCUT2D eigenvalue weighted by Crippen LogP contribution is -2.43. The summed E-state index contributed by atoms with van der Waals surface area (Å²) in [4.78, 5) is 6.84. The fourth-order valence-electron chi connectivity index (χ4n) is 8.32. The van der Waals surface area contributed by atoms with E-state index in [1.54, 1.807) is 0 Å². The fraction of sp³-hybridized carbons (Fsp3) is 0.0816. The molecule has 2 aliphatic carbocycles. The molecule has 2 N–H and O–H groups in total. The lowest BCUT2D eigenvalue weighted by atomic mass is 9.95. The molecule has 2 unspecified atom stereocenters. The van der Waals surface area contributed by atoms with Gasteiger partial charge in [0.25, 0.3) is 0 Å². The van der Waals surface area contributed by atoms with Gasteiger partial charge in [-0.05, 0) is 69.5 Å². The smallest absolute Gasteiger partial charge is 0.145 e. The highest BCUT2D eigenvalue weighted by Crippen LogP contribution is 2.41. The zero-order chi connectivity index (χ0) is 35.6. The number of rotatable bonds is 5. The number of nitrogens with zero attached hydrogens (tertiary/aromatic N) is 1. The molecule has 2 aromatic heterocycles. The Kier molecular flexibility index (Phi) is 7.49. The average molecular weight is 730 g/mol. The van der Waals surface area contributed by atoms with Gasteiger partial charge in [-0.3, -0.25) is 4.99 Å². The number of thiophene rings is 2. The van der Waals surface area contributed by atoms with E-state index in [0.717, 1.165) is 40.9 Å². The predicted octanol–water partition coefficient (Wildman–Crippen LogP) is 10.3. The van der Waals surface area contributed by atoms with Crippen molar-refractivity contribution in [3.8, 4) is 11.1 Å². The molecule has 0 saturated heterocycles. The van der Waals surface area contributed by atoms with Crippen molar-refractivity contribution in [3.05, 3.63) is 200 Å². The Balaban J connectivity index is 0.969. The number of allylic oxidation sites excluding steroid dienone is 4. The van der Waals surface area contributed by atoms with Crippen LogP contribution in [0.4, 0.5) is 0 Å². The van der Waals surface area contributed by atoms with Gasteiger partial charge >= 0.3 is 0 Å².